The van der Waals surface area contributed by atoms with E-state index < -0.39 is 0 Å². The van der Waals surface area contributed by atoms with Gasteiger partial charge in [-0.1, -0.05) is 6.92 Å². The lowest BCUT2D eigenvalue weighted by molar-refractivity contribution is -0.121. The van der Waals surface area contributed by atoms with Crippen LogP contribution in [0.25, 0.3) is 0 Å². The summed E-state index contributed by atoms with van der Waals surface area (Å²) in [6, 6.07) is 0. The van der Waals surface area contributed by atoms with Gasteiger partial charge in [-0.15, -0.1) is 0 Å². The molecule has 1 aromatic heterocycles. The van der Waals surface area contributed by atoms with Gasteiger partial charge in [0.15, 0.2) is 0 Å². The molecule has 0 radical (unpaired) electrons. The van der Waals surface area contributed by atoms with Crippen LogP contribution in [-0.2, 0) is 17.9 Å². The van der Waals surface area contributed by atoms with Crippen LogP contribution in [0, 0.1) is 0 Å². The number of imidazole rings is 1. The number of carbonyl (C=O) groups excluding carboxylic acids is 1. The Hall–Kier alpha value is -1.36. The van der Waals surface area contributed by atoms with Crippen molar-refractivity contribution in [1.29, 1.82) is 0 Å². The predicted molar refractivity (Wildman–Crippen MR) is 51.5 cm³/mol. The molecular formula is C9H15N3O2. The van der Waals surface area contributed by atoms with E-state index in [0.717, 1.165) is 6.42 Å². The number of carbonyl (C=O) groups is 1. The second-order valence-corrected chi connectivity index (χ2v) is 3.05. The summed E-state index contributed by atoms with van der Waals surface area (Å²) in [7, 11) is 0. The second kappa shape index (κ2) is 5.39. The minimum Gasteiger partial charge on any atom is -0.390 e. The molecule has 0 aliphatic rings. The highest BCUT2D eigenvalue weighted by Crippen LogP contribution is 1.95. The van der Waals surface area contributed by atoms with Gasteiger partial charge in [-0.3, -0.25) is 4.79 Å². The number of amides is 1. The Morgan fingerprint density at radius 3 is 3.07 bits per heavy atom. The molecule has 0 aromatic carbocycles. The van der Waals surface area contributed by atoms with Crippen molar-refractivity contribution < 1.29 is 9.90 Å². The second-order valence-electron chi connectivity index (χ2n) is 3.05. The van der Waals surface area contributed by atoms with Gasteiger partial charge in [-0.2, -0.15) is 0 Å². The molecule has 1 amide bonds. The maximum atomic E-state index is 11.2. The number of aromatic nitrogens is 2. The van der Waals surface area contributed by atoms with Gasteiger partial charge in [0.25, 0.3) is 0 Å². The summed E-state index contributed by atoms with van der Waals surface area (Å²) >= 11 is 0. The molecule has 0 aliphatic heterocycles. The number of rotatable bonds is 5. The summed E-state index contributed by atoms with van der Waals surface area (Å²) in [6.07, 6.45) is 4.13. The van der Waals surface area contributed by atoms with Crippen LogP contribution in [0.3, 0.4) is 0 Å². The zero-order valence-electron chi connectivity index (χ0n) is 8.23. The largest absolute Gasteiger partial charge is 0.390 e. The number of hydrogen-bond acceptors (Lipinski definition) is 3. The highest BCUT2D eigenvalue weighted by atomic mass is 16.3. The van der Waals surface area contributed by atoms with Gasteiger partial charge < -0.3 is 15.0 Å². The summed E-state index contributed by atoms with van der Waals surface area (Å²) in [5.41, 5.74) is 0.577. The van der Waals surface area contributed by atoms with Crippen LogP contribution >= 0.6 is 0 Å². The molecule has 0 bridgehead atoms. The summed E-state index contributed by atoms with van der Waals surface area (Å²) in [5, 5.41) is 11.5. The van der Waals surface area contributed by atoms with Crippen molar-refractivity contribution in [2.24, 2.45) is 0 Å². The molecule has 0 atom stereocenters. The summed E-state index contributed by atoms with van der Waals surface area (Å²) in [4.78, 5) is 15.1. The number of nitrogens with one attached hydrogen (secondary N) is 1. The third-order valence-electron chi connectivity index (χ3n) is 1.75. The highest BCUT2D eigenvalue weighted by molar-refractivity contribution is 5.75. The SMILES string of the molecule is CCCNC(=O)Cn1cnc(CO)c1. The van der Waals surface area contributed by atoms with Crippen LogP contribution in [0.1, 0.15) is 19.0 Å². The van der Waals surface area contributed by atoms with Gasteiger partial charge in [-0.05, 0) is 6.42 Å². The van der Waals surface area contributed by atoms with Gasteiger partial charge in [-0.25, -0.2) is 4.98 Å². The van der Waals surface area contributed by atoms with Crippen LogP contribution in [0.4, 0.5) is 0 Å². The molecule has 0 saturated heterocycles. The van der Waals surface area contributed by atoms with Crippen molar-refractivity contribution in [3.63, 3.8) is 0 Å². The van der Waals surface area contributed by atoms with E-state index in [2.05, 4.69) is 10.3 Å². The fourth-order valence-electron chi connectivity index (χ4n) is 1.06. The van der Waals surface area contributed by atoms with Crippen LogP contribution in [0.15, 0.2) is 12.5 Å². The van der Waals surface area contributed by atoms with E-state index in [9.17, 15) is 4.79 Å². The van der Waals surface area contributed by atoms with Gasteiger partial charge in [0, 0.05) is 12.7 Å². The van der Waals surface area contributed by atoms with E-state index in [4.69, 9.17) is 5.11 Å². The molecule has 5 nitrogen and oxygen atoms in total. The molecule has 0 aliphatic carbocycles. The highest BCUT2D eigenvalue weighted by Gasteiger charge is 2.02. The lowest BCUT2D eigenvalue weighted by Crippen LogP contribution is -2.27. The van der Waals surface area contributed by atoms with E-state index >= 15 is 0 Å². The number of hydrogen-bond donors (Lipinski definition) is 2. The van der Waals surface area contributed by atoms with Crippen molar-refractivity contribution >= 4 is 5.91 Å². The Kier molecular flexibility index (Phi) is 4.12. The van der Waals surface area contributed by atoms with E-state index in [-0.39, 0.29) is 19.1 Å². The molecule has 0 spiro atoms. The van der Waals surface area contributed by atoms with Gasteiger partial charge >= 0.3 is 0 Å². The van der Waals surface area contributed by atoms with E-state index in [1.54, 1.807) is 10.8 Å². The summed E-state index contributed by atoms with van der Waals surface area (Å²) < 4.78 is 1.65. The molecule has 1 rings (SSSR count). The molecule has 1 aromatic rings. The lowest BCUT2D eigenvalue weighted by atomic mass is 10.4. The molecule has 1 heterocycles. The maximum absolute atomic E-state index is 11.2. The van der Waals surface area contributed by atoms with Crippen LogP contribution in [0.2, 0.25) is 0 Å². The molecule has 2 N–H and O–H groups in total. The minimum atomic E-state index is -0.0937. The number of aliphatic hydroxyl groups excluding tert-OH is 1. The van der Waals surface area contributed by atoms with Gasteiger partial charge in [0.1, 0.15) is 6.54 Å². The molecule has 14 heavy (non-hydrogen) atoms. The molecule has 5 heteroatoms. The zero-order valence-corrected chi connectivity index (χ0v) is 8.23. The smallest absolute Gasteiger partial charge is 0.239 e. The Labute approximate surface area is 82.8 Å². The first kappa shape index (κ1) is 10.7. The number of aliphatic hydroxyl groups is 1. The fourth-order valence-corrected chi connectivity index (χ4v) is 1.06. The zero-order chi connectivity index (χ0) is 10.4. The Morgan fingerprint density at radius 2 is 2.50 bits per heavy atom. The topological polar surface area (TPSA) is 67.2 Å². The van der Waals surface area contributed by atoms with E-state index in [1.807, 2.05) is 6.92 Å². The molecule has 0 fully saturated rings. The average molecular weight is 197 g/mol. The van der Waals surface area contributed by atoms with Crippen molar-refractivity contribution in [1.82, 2.24) is 14.9 Å². The third-order valence-corrected chi connectivity index (χ3v) is 1.75. The predicted octanol–water partition coefficient (Wildman–Crippen LogP) is -0.0984. The number of nitrogens with zero attached hydrogens (tertiary/aromatic N) is 2. The first-order valence-corrected chi connectivity index (χ1v) is 4.64. The fraction of sp³-hybridized carbons (Fsp3) is 0.556. The Balaban J connectivity index is 2.39. The van der Waals surface area contributed by atoms with E-state index in [1.165, 1.54) is 6.33 Å². The van der Waals surface area contributed by atoms with Gasteiger partial charge in [0.05, 0.1) is 18.6 Å². The molecule has 0 unspecified atom stereocenters. The monoisotopic (exact) mass is 197 g/mol. The minimum absolute atomic E-state index is 0.0336. The first-order valence-electron chi connectivity index (χ1n) is 4.64. The van der Waals surface area contributed by atoms with Crippen LogP contribution in [0.5, 0.6) is 0 Å². The summed E-state index contributed by atoms with van der Waals surface area (Å²) in [6.45, 7) is 2.86. The van der Waals surface area contributed by atoms with Crippen molar-refractivity contribution in [2.45, 2.75) is 26.5 Å². The molecular weight excluding hydrogens is 182 g/mol. The van der Waals surface area contributed by atoms with Crippen molar-refractivity contribution in [2.75, 3.05) is 6.54 Å². The average Bonchev–Trinajstić information content (AvgIpc) is 2.62. The summed E-state index contributed by atoms with van der Waals surface area (Å²) in [5.74, 6) is -0.0336. The van der Waals surface area contributed by atoms with Gasteiger partial charge in [0.2, 0.25) is 5.91 Å². The molecule has 78 valence electrons. The maximum Gasteiger partial charge on any atom is 0.239 e. The first-order chi connectivity index (χ1) is 6.76. The molecule has 0 saturated carbocycles. The van der Waals surface area contributed by atoms with Crippen LogP contribution in [-0.4, -0.2) is 27.1 Å². The van der Waals surface area contributed by atoms with Crippen LogP contribution < -0.4 is 5.32 Å². The van der Waals surface area contributed by atoms with Crippen molar-refractivity contribution in [3.05, 3.63) is 18.2 Å². The van der Waals surface area contributed by atoms with Crippen molar-refractivity contribution in [3.8, 4) is 0 Å². The van der Waals surface area contributed by atoms with E-state index in [0.29, 0.717) is 12.2 Å². The standard InChI is InChI=1S/C9H15N3O2/c1-2-3-10-9(14)5-12-4-8(6-13)11-7-12/h4,7,13H,2-3,5-6H2,1H3,(H,10,14). The lowest BCUT2D eigenvalue weighted by Gasteiger charge is -2.03. The Morgan fingerprint density at radius 1 is 1.71 bits per heavy atom. The Bertz CT molecular complexity index is 296. The third kappa shape index (κ3) is 3.18. The quantitative estimate of drug-likeness (QED) is 0.692. The normalized spacial score (nSPS) is 10.1.